The van der Waals surface area contributed by atoms with Crippen LogP contribution in [0.15, 0.2) is 24.3 Å². The van der Waals surface area contributed by atoms with E-state index in [1.54, 1.807) is 0 Å². The van der Waals surface area contributed by atoms with Crippen molar-refractivity contribution in [3.63, 3.8) is 0 Å². The SMILES string of the molecule is CCN(C(=O)C1CCCc2ccccc21)C1CNC1. The van der Waals surface area contributed by atoms with E-state index in [2.05, 4.69) is 41.4 Å². The largest absolute Gasteiger partial charge is 0.337 e. The Labute approximate surface area is 115 Å². The molecule has 3 nitrogen and oxygen atoms in total. The van der Waals surface area contributed by atoms with Gasteiger partial charge in [0, 0.05) is 19.6 Å². The predicted molar refractivity (Wildman–Crippen MR) is 76.2 cm³/mol. The number of likely N-dealkylation sites (N-methyl/N-ethyl adjacent to an activating group) is 1. The summed E-state index contributed by atoms with van der Waals surface area (Å²) in [7, 11) is 0. The van der Waals surface area contributed by atoms with E-state index in [-0.39, 0.29) is 5.92 Å². The zero-order chi connectivity index (χ0) is 13.2. The van der Waals surface area contributed by atoms with Gasteiger partial charge in [-0.05, 0) is 37.3 Å². The number of benzene rings is 1. The Morgan fingerprint density at radius 1 is 1.37 bits per heavy atom. The summed E-state index contributed by atoms with van der Waals surface area (Å²) in [6, 6.07) is 8.87. The molecule has 3 heteroatoms. The topological polar surface area (TPSA) is 32.3 Å². The van der Waals surface area contributed by atoms with Gasteiger partial charge in [-0.3, -0.25) is 4.79 Å². The van der Waals surface area contributed by atoms with Gasteiger partial charge in [0.15, 0.2) is 0 Å². The number of fused-ring (bicyclic) bond motifs is 1. The zero-order valence-corrected chi connectivity index (χ0v) is 11.6. The van der Waals surface area contributed by atoms with Crippen molar-refractivity contribution in [2.45, 2.75) is 38.1 Å². The second-order valence-electron chi connectivity index (χ2n) is 5.58. The molecule has 0 saturated carbocycles. The highest BCUT2D eigenvalue weighted by atomic mass is 16.2. The first-order valence-corrected chi connectivity index (χ1v) is 7.40. The van der Waals surface area contributed by atoms with Gasteiger partial charge in [0.2, 0.25) is 5.91 Å². The first-order chi connectivity index (χ1) is 9.31. The molecule has 1 amide bonds. The Balaban J connectivity index is 1.83. The fourth-order valence-corrected chi connectivity index (χ4v) is 3.30. The van der Waals surface area contributed by atoms with Gasteiger partial charge in [-0.25, -0.2) is 0 Å². The first kappa shape index (κ1) is 12.7. The number of aryl methyl sites for hydroxylation is 1. The second-order valence-corrected chi connectivity index (χ2v) is 5.58. The van der Waals surface area contributed by atoms with Crippen LogP contribution >= 0.6 is 0 Å². The lowest BCUT2D eigenvalue weighted by atomic mass is 9.81. The molecule has 1 unspecified atom stereocenters. The third kappa shape index (κ3) is 2.27. The van der Waals surface area contributed by atoms with Crippen molar-refractivity contribution in [2.24, 2.45) is 0 Å². The van der Waals surface area contributed by atoms with E-state index in [0.717, 1.165) is 38.9 Å². The van der Waals surface area contributed by atoms with Crippen molar-refractivity contribution in [3.8, 4) is 0 Å². The molecule has 1 aromatic carbocycles. The molecule has 1 atom stereocenters. The summed E-state index contributed by atoms with van der Waals surface area (Å²) in [5.41, 5.74) is 2.64. The number of rotatable bonds is 3. The Hall–Kier alpha value is -1.35. The maximum atomic E-state index is 12.8. The van der Waals surface area contributed by atoms with Crippen LogP contribution in [-0.2, 0) is 11.2 Å². The lowest BCUT2D eigenvalue weighted by Gasteiger charge is -2.40. The van der Waals surface area contributed by atoms with Gasteiger partial charge in [-0.2, -0.15) is 0 Å². The summed E-state index contributed by atoms with van der Waals surface area (Å²) in [6.45, 7) is 4.82. The van der Waals surface area contributed by atoms with E-state index >= 15 is 0 Å². The number of carbonyl (C=O) groups is 1. The third-order valence-electron chi connectivity index (χ3n) is 4.49. The van der Waals surface area contributed by atoms with Gasteiger partial charge < -0.3 is 10.2 Å². The molecule has 0 aromatic heterocycles. The average Bonchev–Trinajstić information content (AvgIpc) is 2.41. The molecular formula is C16H22N2O. The van der Waals surface area contributed by atoms with Crippen LogP contribution in [0, 0.1) is 0 Å². The maximum absolute atomic E-state index is 12.8. The summed E-state index contributed by atoms with van der Waals surface area (Å²) in [6.07, 6.45) is 3.26. The summed E-state index contributed by atoms with van der Waals surface area (Å²) in [4.78, 5) is 14.9. The van der Waals surface area contributed by atoms with Crippen LogP contribution in [0.1, 0.15) is 36.8 Å². The van der Waals surface area contributed by atoms with Crippen LogP contribution in [0.4, 0.5) is 0 Å². The Bertz CT molecular complexity index is 468. The van der Waals surface area contributed by atoms with Crippen LogP contribution in [0.5, 0.6) is 0 Å². The van der Waals surface area contributed by atoms with Crippen LogP contribution < -0.4 is 5.32 Å². The molecule has 1 aliphatic heterocycles. The van der Waals surface area contributed by atoms with Gasteiger partial charge in [-0.15, -0.1) is 0 Å². The van der Waals surface area contributed by atoms with Crippen molar-refractivity contribution in [3.05, 3.63) is 35.4 Å². The molecule has 1 aliphatic carbocycles. The van der Waals surface area contributed by atoms with Gasteiger partial charge in [0.05, 0.1) is 12.0 Å². The highest BCUT2D eigenvalue weighted by Crippen LogP contribution is 2.33. The highest BCUT2D eigenvalue weighted by Gasteiger charge is 2.34. The lowest BCUT2D eigenvalue weighted by Crippen LogP contribution is -2.59. The minimum Gasteiger partial charge on any atom is -0.337 e. The molecule has 1 heterocycles. The molecule has 0 bridgehead atoms. The molecule has 1 saturated heterocycles. The number of hydrogen-bond acceptors (Lipinski definition) is 2. The number of amides is 1. The van der Waals surface area contributed by atoms with E-state index in [0.29, 0.717) is 11.9 Å². The number of nitrogens with one attached hydrogen (secondary N) is 1. The molecule has 19 heavy (non-hydrogen) atoms. The fourth-order valence-electron chi connectivity index (χ4n) is 3.30. The van der Waals surface area contributed by atoms with E-state index in [1.165, 1.54) is 11.1 Å². The van der Waals surface area contributed by atoms with E-state index in [9.17, 15) is 4.79 Å². The van der Waals surface area contributed by atoms with E-state index in [1.807, 2.05) is 0 Å². The molecule has 1 fully saturated rings. The normalized spacial score (nSPS) is 22.5. The Morgan fingerprint density at radius 2 is 2.16 bits per heavy atom. The second kappa shape index (κ2) is 5.33. The summed E-state index contributed by atoms with van der Waals surface area (Å²) >= 11 is 0. The van der Waals surface area contributed by atoms with Crippen LogP contribution in [0.25, 0.3) is 0 Å². The molecular weight excluding hydrogens is 236 g/mol. The Kier molecular flexibility index (Phi) is 3.56. The van der Waals surface area contributed by atoms with Crippen LogP contribution in [0.3, 0.4) is 0 Å². The van der Waals surface area contributed by atoms with Gasteiger partial charge >= 0.3 is 0 Å². The molecule has 2 aliphatic rings. The van der Waals surface area contributed by atoms with Crippen LogP contribution in [-0.4, -0.2) is 36.5 Å². The highest BCUT2D eigenvalue weighted by molar-refractivity contribution is 5.85. The summed E-state index contributed by atoms with van der Waals surface area (Å²) < 4.78 is 0. The summed E-state index contributed by atoms with van der Waals surface area (Å²) in [5.74, 6) is 0.423. The van der Waals surface area contributed by atoms with E-state index in [4.69, 9.17) is 0 Å². The lowest BCUT2D eigenvalue weighted by molar-refractivity contribution is -0.136. The fraction of sp³-hybridized carbons (Fsp3) is 0.562. The van der Waals surface area contributed by atoms with Gasteiger partial charge in [0.25, 0.3) is 0 Å². The minimum atomic E-state index is 0.0884. The first-order valence-electron chi connectivity index (χ1n) is 7.40. The standard InChI is InChI=1S/C16H22N2O/c1-2-18(13-10-17-11-13)16(19)15-9-5-7-12-6-3-4-8-14(12)15/h3-4,6,8,13,15,17H,2,5,7,9-11H2,1H3. The molecule has 0 spiro atoms. The van der Waals surface area contributed by atoms with Gasteiger partial charge in [-0.1, -0.05) is 24.3 Å². The maximum Gasteiger partial charge on any atom is 0.230 e. The quantitative estimate of drug-likeness (QED) is 0.898. The zero-order valence-electron chi connectivity index (χ0n) is 11.6. The van der Waals surface area contributed by atoms with Gasteiger partial charge in [0.1, 0.15) is 0 Å². The van der Waals surface area contributed by atoms with E-state index < -0.39 is 0 Å². The van der Waals surface area contributed by atoms with Crippen LogP contribution in [0.2, 0.25) is 0 Å². The van der Waals surface area contributed by atoms with Crippen molar-refractivity contribution in [1.82, 2.24) is 10.2 Å². The predicted octanol–water partition coefficient (Wildman–Crippen LogP) is 1.93. The third-order valence-corrected chi connectivity index (χ3v) is 4.49. The summed E-state index contributed by atoms with van der Waals surface area (Å²) in [5, 5.41) is 3.26. The monoisotopic (exact) mass is 258 g/mol. The van der Waals surface area contributed by atoms with Crippen molar-refractivity contribution in [1.29, 1.82) is 0 Å². The number of carbonyl (C=O) groups excluding carboxylic acids is 1. The minimum absolute atomic E-state index is 0.0884. The molecule has 102 valence electrons. The smallest absolute Gasteiger partial charge is 0.230 e. The molecule has 1 N–H and O–H groups in total. The molecule has 3 rings (SSSR count). The molecule has 1 aromatic rings. The van der Waals surface area contributed by atoms with Crippen molar-refractivity contribution in [2.75, 3.05) is 19.6 Å². The molecule has 0 radical (unpaired) electrons. The van der Waals surface area contributed by atoms with Crippen molar-refractivity contribution >= 4 is 5.91 Å². The van der Waals surface area contributed by atoms with Crippen molar-refractivity contribution < 1.29 is 4.79 Å². The number of nitrogens with zero attached hydrogens (tertiary/aromatic N) is 1. The number of hydrogen-bond donors (Lipinski definition) is 1. The average molecular weight is 258 g/mol. The Morgan fingerprint density at radius 3 is 2.84 bits per heavy atom.